The second-order valence-electron chi connectivity index (χ2n) is 4.82. The van der Waals surface area contributed by atoms with Crippen molar-refractivity contribution in [3.05, 3.63) is 48.4 Å². The molecular weight excluding hydrogens is 284 g/mol. The van der Waals surface area contributed by atoms with Crippen molar-refractivity contribution in [2.75, 3.05) is 11.9 Å². The third-order valence-electron chi connectivity index (χ3n) is 3.34. The monoisotopic (exact) mass is 296 g/mol. The van der Waals surface area contributed by atoms with Crippen LogP contribution in [-0.2, 0) is 6.54 Å². The van der Waals surface area contributed by atoms with E-state index in [1.807, 2.05) is 37.4 Å². The average Bonchev–Trinajstić information content (AvgIpc) is 3.11. The van der Waals surface area contributed by atoms with Crippen LogP contribution in [0.25, 0.3) is 21.2 Å². The zero-order valence-electron chi connectivity index (χ0n) is 11.4. The van der Waals surface area contributed by atoms with Gasteiger partial charge in [-0.3, -0.25) is 4.98 Å². The summed E-state index contributed by atoms with van der Waals surface area (Å²) in [5.41, 5.74) is 2.66. The van der Waals surface area contributed by atoms with Crippen LogP contribution in [0.4, 0.5) is 5.13 Å². The lowest BCUT2D eigenvalue weighted by molar-refractivity contribution is 0.445. The summed E-state index contributed by atoms with van der Waals surface area (Å²) in [4.78, 5) is 10.8. The topological polar surface area (TPSA) is 55.1 Å². The molecule has 0 unspecified atom stereocenters. The maximum Gasteiger partial charge on any atom is 0.186 e. The first-order valence-electron chi connectivity index (χ1n) is 6.56. The van der Waals surface area contributed by atoms with Crippen LogP contribution in [-0.4, -0.2) is 22.2 Å². The van der Waals surface area contributed by atoms with Gasteiger partial charge >= 0.3 is 0 Å². The van der Waals surface area contributed by atoms with Crippen LogP contribution in [0.3, 0.4) is 0 Å². The second kappa shape index (κ2) is 4.82. The van der Waals surface area contributed by atoms with Gasteiger partial charge in [0.15, 0.2) is 10.7 Å². The number of fused-ring (bicyclic) bond motifs is 2. The van der Waals surface area contributed by atoms with E-state index in [1.165, 1.54) is 0 Å². The number of hydrogen-bond donors (Lipinski definition) is 0. The predicted octanol–water partition coefficient (Wildman–Crippen LogP) is 3.47. The summed E-state index contributed by atoms with van der Waals surface area (Å²) in [7, 11) is 2.01. The van der Waals surface area contributed by atoms with Gasteiger partial charge in [-0.05, 0) is 18.2 Å². The van der Waals surface area contributed by atoms with Crippen molar-refractivity contribution in [1.29, 1.82) is 0 Å². The van der Waals surface area contributed by atoms with Gasteiger partial charge in [0.1, 0.15) is 11.2 Å². The Morgan fingerprint density at radius 3 is 3.05 bits per heavy atom. The molecule has 0 saturated heterocycles. The summed E-state index contributed by atoms with van der Waals surface area (Å²) in [6.07, 6.45) is 3.57. The second-order valence-corrected chi connectivity index (χ2v) is 5.83. The molecule has 0 saturated carbocycles. The summed E-state index contributed by atoms with van der Waals surface area (Å²) in [5, 5.41) is 6.16. The van der Waals surface area contributed by atoms with Crippen LogP contribution in [0.5, 0.6) is 0 Å². The summed E-state index contributed by atoms with van der Waals surface area (Å²) < 4.78 is 6.48. The van der Waals surface area contributed by atoms with E-state index >= 15 is 0 Å². The van der Waals surface area contributed by atoms with E-state index in [4.69, 9.17) is 4.52 Å². The predicted molar refractivity (Wildman–Crippen MR) is 83.5 cm³/mol. The minimum Gasteiger partial charge on any atom is -0.356 e. The van der Waals surface area contributed by atoms with Crippen molar-refractivity contribution in [3.8, 4) is 0 Å². The molecule has 0 aliphatic carbocycles. The smallest absolute Gasteiger partial charge is 0.186 e. The summed E-state index contributed by atoms with van der Waals surface area (Å²) >= 11 is 1.65. The fourth-order valence-electron chi connectivity index (χ4n) is 2.28. The molecule has 0 fully saturated rings. The highest BCUT2D eigenvalue weighted by Gasteiger charge is 2.13. The Hall–Kier alpha value is -2.47. The Morgan fingerprint density at radius 2 is 2.14 bits per heavy atom. The number of nitrogens with zero attached hydrogens (tertiary/aromatic N) is 4. The maximum absolute atomic E-state index is 5.34. The van der Waals surface area contributed by atoms with E-state index in [2.05, 4.69) is 20.0 Å². The molecule has 0 spiro atoms. The van der Waals surface area contributed by atoms with Crippen molar-refractivity contribution in [2.45, 2.75) is 6.54 Å². The molecule has 3 heterocycles. The highest BCUT2D eigenvalue weighted by molar-refractivity contribution is 7.22. The molecular formula is C15H12N4OS. The van der Waals surface area contributed by atoms with Gasteiger partial charge in [-0.1, -0.05) is 28.6 Å². The van der Waals surface area contributed by atoms with Crippen molar-refractivity contribution in [1.82, 2.24) is 15.1 Å². The van der Waals surface area contributed by atoms with E-state index in [0.717, 1.165) is 32.0 Å². The van der Waals surface area contributed by atoms with E-state index < -0.39 is 0 Å². The SMILES string of the molecule is CN(Cc1noc2ccccc12)c1nc2cnccc2s1. The normalized spacial score (nSPS) is 11.3. The Kier molecular flexibility index (Phi) is 2.82. The minimum absolute atomic E-state index is 0.657. The van der Waals surface area contributed by atoms with Crippen molar-refractivity contribution in [3.63, 3.8) is 0 Å². The fraction of sp³-hybridized carbons (Fsp3) is 0.133. The Bertz CT molecular complexity index is 881. The first-order valence-corrected chi connectivity index (χ1v) is 7.38. The molecule has 0 radical (unpaired) electrons. The number of anilines is 1. The molecule has 21 heavy (non-hydrogen) atoms. The van der Waals surface area contributed by atoms with Gasteiger partial charge in [0.25, 0.3) is 0 Å². The van der Waals surface area contributed by atoms with Crippen molar-refractivity contribution in [2.24, 2.45) is 0 Å². The number of thiazole rings is 1. The Balaban J connectivity index is 1.67. The fourth-order valence-corrected chi connectivity index (χ4v) is 3.17. The molecule has 0 aliphatic heterocycles. The van der Waals surface area contributed by atoms with E-state index in [1.54, 1.807) is 23.7 Å². The van der Waals surface area contributed by atoms with Crippen LogP contribution >= 0.6 is 11.3 Å². The highest BCUT2D eigenvalue weighted by Crippen LogP contribution is 2.29. The van der Waals surface area contributed by atoms with Gasteiger partial charge in [-0.2, -0.15) is 0 Å². The van der Waals surface area contributed by atoms with Crippen molar-refractivity contribution < 1.29 is 4.52 Å². The first-order chi connectivity index (χ1) is 10.3. The molecule has 0 atom stereocenters. The third-order valence-corrected chi connectivity index (χ3v) is 4.49. The van der Waals surface area contributed by atoms with Crippen LogP contribution in [0, 0.1) is 0 Å². The summed E-state index contributed by atoms with van der Waals surface area (Å²) in [6.45, 7) is 0.657. The van der Waals surface area contributed by atoms with E-state index in [0.29, 0.717) is 6.54 Å². The van der Waals surface area contributed by atoms with Crippen LogP contribution in [0.15, 0.2) is 47.2 Å². The molecule has 6 heteroatoms. The van der Waals surface area contributed by atoms with Gasteiger partial charge < -0.3 is 9.42 Å². The number of para-hydroxylation sites is 1. The van der Waals surface area contributed by atoms with Gasteiger partial charge in [0.2, 0.25) is 0 Å². The largest absolute Gasteiger partial charge is 0.356 e. The molecule has 1 aromatic carbocycles. The average molecular weight is 296 g/mol. The molecule has 4 aromatic rings. The number of benzene rings is 1. The van der Waals surface area contributed by atoms with E-state index in [-0.39, 0.29) is 0 Å². The van der Waals surface area contributed by atoms with Crippen LogP contribution in [0.1, 0.15) is 5.69 Å². The minimum atomic E-state index is 0.657. The van der Waals surface area contributed by atoms with Gasteiger partial charge in [-0.25, -0.2) is 4.98 Å². The molecule has 0 bridgehead atoms. The lowest BCUT2D eigenvalue weighted by Gasteiger charge is -2.13. The number of aromatic nitrogens is 3. The number of hydrogen-bond acceptors (Lipinski definition) is 6. The van der Waals surface area contributed by atoms with Gasteiger partial charge in [0.05, 0.1) is 17.4 Å². The van der Waals surface area contributed by atoms with E-state index in [9.17, 15) is 0 Å². The lowest BCUT2D eigenvalue weighted by Crippen LogP contribution is -2.16. The molecule has 0 amide bonds. The molecule has 104 valence electrons. The number of pyridine rings is 1. The van der Waals surface area contributed by atoms with Gasteiger partial charge in [-0.15, -0.1) is 0 Å². The highest BCUT2D eigenvalue weighted by atomic mass is 32.1. The molecule has 0 aliphatic rings. The number of rotatable bonds is 3. The van der Waals surface area contributed by atoms with Gasteiger partial charge in [0, 0.05) is 18.6 Å². The molecule has 0 N–H and O–H groups in total. The zero-order valence-corrected chi connectivity index (χ0v) is 12.2. The maximum atomic E-state index is 5.34. The van der Waals surface area contributed by atoms with Crippen LogP contribution < -0.4 is 4.90 Å². The molecule has 3 aromatic heterocycles. The lowest BCUT2D eigenvalue weighted by atomic mass is 10.2. The van der Waals surface area contributed by atoms with Crippen LogP contribution in [0.2, 0.25) is 0 Å². The Morgan fingerprint density at radius 1 is 1.24 bits per heavy atom. The zero-order chi connectivity index (χ0) is 14.2. The standard InChI is InChI=1S/C15H12N4OS/c1-19(15-17-11-8-16-7-6-14(11)21-15)9-12-10-4-2-3-5-13(10)20-18-12/h2-8H,9H2,1H3. The quantitative estimate of drug-likeness (QED) is 0.579. The molecule has 4 rings (SSSR count). The summed E-state index contributed by atoms with van der Waals surface area (Å²) in [6, 6.07) is 9.87. The summed E-state index contributed by atoms with van der Waals surface area (Å²) in [5.74, 6) is 0. The molecule has 5 nitrogen and oxygen atoms in total. The first kappa shape index (κ1) is 12.3. The van der Waals surface area contributed by atoms with Crippen molar-refractivity contribution >= 4 is 37.7 Å². The Labute approximate surface area is 124 Å². The third kappa shape index (κ3) is 2.13.